The van der Waals surface area contributed by atoms with Gasteiger partial charge in [-0.3, -0.25) is 9.79 Å². The summed E-state index contributed by atoms with van der Waals surface area (Å²) >= 11 is 0. The lowest BCUT2D eigenvalue weighted by Gasteiger charge is -2.26. The van der Waals surface area contributed by atoms with Crippen LogP contribution >= 0.6 is 0 Å². The lowest BCUT2D eigenvalue weighted by atomic mass is 9.88. The molecule has 1 aliphatic heterocycles. The number of benzene rings is 1. The van der Waals surface area contributed by atoms with E-state index in [1.807, 2.05) is 11.0 Å². The normalized spacial score (nSPS) is 21.7. The Morgan fingerprint density at radius 3 is 2.73 bits per heavy atom. The van der Waals surface area contributed by atoms with Crippen LogP contribution in [0.2, 0.25) is 0 Å². The van der Waals surface area contributed by atoms with Crippen molar-refractivity contribution in [3.63, 3.8) is 0 Å². The molecule has 1 atom stereocenters. The molecule has 6 heteroatoms. The van der Waals surface area contributed by atoms with Gasteiger partial charge in [0.1, 0.15) is 5.82 Å². The van der Waals surface area contributed by atoms with Crippen molar-refractivity contribution >= 4 is 11.9 Å². The summed E-state index contributed by atoms with van der Waals surface area (Å²) in [6, 6.07) is 6.91. The quantitative estimate of drug-likeness (QED) is 0.641. The first-order valence-electron chi connectivity index (χ1n) is 9.66. The number of carbonyl (C=O) groups excluding carboxylic acids is 1. The van der Waals surface area contributed by atoms with E-state index in [1.165, 1.54) is 25.3 Å². The molecule has 1 aliphatic carbocycles. The second kappa shape index (κ2) is 9.01. The highest BCUT2D eigenvalue weighted by Crippen LogP contribution is 2.26. The van der Waals surface area contributed by atoms with Crippen LogP contribution in [0.25, 0.3) is 0 Å². The number of rotatable bonds is 4. The number of aliphatic imine (C=N–C) groups is 1. The van der Waals surface area contributed by atoms with Crippen LogP contribution in [-0.2, 0) is 11.3 Å². The van der Waals surface area contributed by atoms with Crippen LogP contribution < -0.4 is 10.6 Å². The van der Waals surface area contributed by atoms with Gasteiger partial charge in [-0.05, 0) is 25.3 Å². The van der Waals surface area contributed by atoms with Crippen molar-refractivity contribution in [1.29, 1.82) is 0 Å². The van der Waals surface area contributed by atoms with Gasteiger partial charge in [0.2, 0.25) is 5.91 Å². The molecule has 1 heterocycles. The fourth-order valence-corrected chi connectivity index (χ4v) is 3.89. The Bertz CT molecular complexity index is 642. The number of hydrogen-bond acceptors (Lipinski definition) is 2. The van der Waals surface area contributed by atoms with Crippen LogP contribution in [0.15, 0.2) is 29.3 Å². The number of nitrogens with zero attached hydrogens (tertiary/aromatic N) is 2. The van der Waals surface area contributed by atoms with Crippen LogP contribution in [0.3, 0.4) is 0 Å². The Labute approximate surface area is 155 Å². The summed E-state index contributed by atoms with van der Waals surface area (Å²) < 4.78 is 13.7. The molecule has 1 unspecified atom stereocenters. The van der Waals surface area contributed by atoms with Gasteiger partial charge in [-0.15, -0.1) is 0 Å². The van der Waals surface area contributed by atoms with Crippen molar-refractivity contribution in [2.24, 2.45) is 10.9 Å². The summed E-state index contributed by atoms with van der Waals surface area (Å²) in [5, 5.41) is 6.52. The predicted octanol–water partition coefficient (Wildman–Crippen LogP) is 2.67. The number of halogens is 1. The van der Waals surface area contributed by atoms with Crippen LogP contribution in [0.1, 0.15) is 44.1 Å². The topological polar surface area (TPSA) is 56.7 Å². The monoisotopic (exact) mass is 360 g/mol. The van der Waals surface area contributed by atoms with Crippen molar-refractivity contribution in [2.75, 3.05) is 20.1 Å². The molecule has 1 aromatic carbocycles. The maximum absolute atomic E-state index is 13.7. The second-order valence-electron chi connectivity index (χ2n) is 7.27. The van der Waals surface area contributed by atoms with Crippen molar-refractivity contribution < 1.29 is 9.18 Å². The molecule has 0 spiro atoms. The second-order valence-corrected chi connectivity index (χ2v) is 7.27. The summed E-state index contributed by atoms with van der Waals surface area (Å²) in [7, 11) is 1.70. The van der Waals surface area contributed by atoms with Crippen LogP contribution in [0, 0.1) is 11.7 Å². The number of amides is 1. The van der Waals surface area contributed by atoms with Gasteiger partial charge in [-0.1, -0.05) is 37.5 Å². The summed E-state index contributed by atoms with van der Waals surface area (Å²) in [4.78, 5) is 18.9. The Hall–Kier alpha value is -2.11. The third-order valence-electron chi connectivity index (χ3n) is 5.42. The van der Waals surface area contributed by atoms with E-state index in [1.54, 1.807) is 19.2 Å². The van der Waals surface area contributed by atoms with Gasteiger partial charge >= 0.3 is 0 Å². The molecular formula is C20H29FN4O. The van der Waals surface area contributed by atoms with E-state index in [4.69, 9.17) is 0 Å². The minimum absolute atomic E-state index is 0.189. The minimum atomic E-state index is -0.222. The first-order chi connectivity index (χ1) is 12.7. The zero-order chi connectivity index (χ0) is 18.4. The molecule has 2 N–H and O–H groups in total. The molecule has 0 bridgehead atoms. The Morgan fingerprint density at radius 1 is 1.23 bits per heavy atom. The van der Waals surface area contributed by atoms with Gasteiger partial charge in [0.05, 0.1) is 0 Å². The van der Waals surface area contributed by atoms with Gasteiger partial charge in [0.15, 0.2) is 5.96 Å². The highest BCUT2D eigenvalue weighted by molar-refractivity contribution is 5.81. The summed E-state index contributed by atoms with van der Waals surface area (Å²) in [5.74, 6) is 0.968. The lowest BCUT2D eigenvalue weighted by Crippen LogP contribution is -2.45. The largest absolute Gasteiger partial charge is 0.352 e. The van der Waals surface area contributed by atoms with E-state index in [0.29, 0.717) is 24.0 Å². The first kappa shape index (κ1) is 18.7. The fourth-order valence-electron chi connectivity index (χ4n) is 3.89. The van der Waals surface area contributed by atoms with Gasteiger partial charge in [-0.2, -0.15) is 0 Å². The standard InChI is InChI=1S/C20H29FN4O/c1-22-20(23-13-16-9-5-6-10-18(16)21)24-17-11-12-25(14-17)19(26)15-7-3-2-4-8-15/h5-6,9-10,15,17H,2-4,7-8,11-14H2,1H3,(H2,22,23,24). The molecule has 2 fully saturated rings. The molecule has 1 saturated carbocycles. The molecule has 0 aromatic heterocycles. The third kappa shape index (κ3) is 4.74. The Kier molecular flexibility index (Phi) is 6.47. The van der Waals surface area contributed by atoms with Gasteiger partial charge in [0.25, 0.3) is 0 Å². The predicted molar refractivity (Wildman–Crippen MR) is 101 cm³/mol. The first-order valence-corrected chi connectivity index (χ1v) is 9.66. The van der Waals surface area contributed by atoms with E-state index >= 15 is 0 Å². The van der Waals surface area contributed by atoms with E-state index < -0.39 is 0 Å². The molecule has 1 amide bonds. The molecule has 5 nitrogen and oxygen atoms in total. The van der Waals surface area contributed by atoms with Crippen molar-refractivity contribution in [3.05, 3.63) is 35.6 Å². The number of guanidine groups is 1. The summed E-state index contributed by atoms with van der Waals surface area (Å²) in [6.45, 7) is 1.90. The lowest BCUT2D eigenvalue weighted by molar-refractivity contribution is -0.135. The van der Waals surface area contributed by atoms with Gasteiger partial charge in [0, 0.05) is 44.2 Å². The summed E-state index contributed by atoms with van der Waals surface area (Å²) in [5.41, 5.74) is 0.607. The maximum Gasteiger partial charge on any atom is 0.225 e. The SMILES string of the molecule is CN=C(NCc1ccccc1F)NC1CCN(C(=O)C2CCCCC2)C1. The van der Waals surface area contributed by atoms with Gasteiger partial charge < -0.3 is 15.5 Å². The number of hydrogen-bond donors (Lipinski definition) is 2. The van der Waals surface area contributed by atoms with E-state index in [-0.39, 0.29) is 17.8 Å². The van der Waals surface area contributed by atoms with Crippen molar-refractivity contribution in [1.82, 2.24) is 15.5 Å². The Balaban J connectivity index is 1.47. The smallest absolute Gasteiger partial charge is 0.225 e. The number of nitrogens with one attached hydrogen (secondary N) is 2. The molecule has 3 rings (SSSR count). The molecule has 1 saturated heterocycles. The van der Waals surface area contributed by atoms with Crippen LogP contribution in [-0.4, -0.2) is 42.9 Å². The third-order valence-corrected chi connectivity index (χ3v) is 5.42. The molecule has 26 heavy (non-hydrogen) atoms. The average Bonchev–Trinajstić information content (AvgIpc) is 3.15. The highest BCUT2D eigenvalue weighted by atomic mass is 19.1. The van der Waals surface area contributed by atoms with E-state index in [0.717, 1.165) is 32.4 Å². The van der Waals surface area contributed by atoms with Gasteiger partial charge in [-0.25, -0.2) is 4.39 Å². The molecule has 142 valence electrons. The van der Waals surface area contributed by atoms with Crippen molar-refractivity contribution in [3.8, 4) is 0 Å². The minimum Gasteiger partial charge on any atom is -0.352 e. The molecule has 2 aliphatic rings. The zero-order valence-electron chi connectivity index (χ0n) is 15.5. The van der Waals surface area contributed by atoms with Crippen LogP contribution in [0.4, 0.5) is 4.39 Å². The van der Waals surface area contributed by atoms with Crippen LogP contribution in [0.5, 0.6) is 0 Å². The molecule has 0 radical (unpaired) electrons. The average molecular weight is 360 g/mol. The van der Waals surface area contributed by atoms with E-state index in [9.17, 15) is 9.18 Å². The molecular weight excluding hydrogens is 331 g/mol. The number of carbonyl (C=O) groups is 1. The maximum atomic E-state index is 13.7. The van der Waals surface area contributed by atoms with Crippen molar-refractivity contribution in [2.45, 2.75) is 51.1 Å². The highest BCUT2D eigenvalue weighted by Gasteiger charge is 2.31. The fraction of sp³-hybridized carbons (Fsp3) is 0.600. The number of likely N-dealkylation sites (tertiary alicyclic amines) is 1. The Morgan fingerprint density at radius 2 is 2.00 bits per heavy atom. The molecule has 1 aromatic rings. The zero-order valence-corrected chi connectivity index (χ0v) is 15.5. The summed E-state index contributed by atoms with van der Waals surface area (Å²) in [6.07, 6.45) is 6.62. The van der Waals surface area contributed by atoms with E-state index in [2.05, 4.69) is 15.6 Å².